The van der Waals surface area contributed by atoms with Gasteiger partial charge in [-0.3, -0.25) is 9.98 Å². The van der Waals surface area contributed by atoms with Gasteiger partial charge in [0.15, 0.2) is 0 Å². The highest BCUT2D eigenvalue weighted by molar-refractivity contribution is 6.00. The van der Waals surface area contributed by atoms with Crippen molar-refractivity contribution in [1.82, 2.24) is 9.80 Å². The van der Waals surface area contributed by atoms with E-state index in [9.17, 15) is 0 Å². The number of aliphatic imine (C=N–C) groups is 2. The van der Waals surface area contributed by atoms with Crippen LogP contribution in [-0.2, 0) is 0 Å². The Bertz CT molecular complexity index is 509. The average Bonchev–Trinajstić information content (AvgIpc) is 2.60. The Labute approximate surface area is 159 Å². The third-order valence-corrected chi connectivity index (χ3v) is 4.07. The number of unbranched alkanes of at least 4 members (excludes halogenated alkanes) is 2. The van der Waals surface area contributed by atoms with E-state index < -0.39 is 0 Å². The third-order valence-electron chi connectivity index (χ3n) is 4.07. The molecule has 1 aromatic carbocycles. The summed E-state index contributed by atoms with van der Waals surface area (Å²) >= 11 is 0. The van der Waals surface area contributed by atoms with Gasteiger partial charge in [-0.25, -0.2) is 0 Å². The van der Waals surface area contributed by atoms with E-state index >= 15 is 0 Å². The van der Waals surface area contributed by atoms with Crippen LogP contribution in [-0.4, -0.2) is 75.8 Å². The second-order valence-electron chi connectivity index (χ2n) is 7.13. The summed E-state index contributed by atoms with van der Waals surface area (Å²) < 4.78 is 0. The summed E-state index contributed by atoms with van der Waals surface area (Å²) in [5, 5.41) is 0. The highest BCUT2D eigenvalue weighted by Crippen LogP contribution is 2.05. The van der Waals surface area contributed by atoms with Crippen molar-refractivity contribution in [3.63, 3.8) is 0 Å². The Morgan fingerprint density at radius 2 is 1.04 bits per heavy atom. The normalized spacial score (nSPS) is 13.0. The van der Waals surface area contributed by atoms with Gasteiger partial charge < -0.3 is 21.3 Å². The lowest BCUT2D eigenvalue weighted by Crippen LogP contribution is -2.17. The minimum absolute atomic E-state index is 0.584. The summed E-state index contributed by atoms with van der Waals surface area (Å²) in [6.07, 6.45) is 4.35. The highest BCUT2D eigenvalue weighted by atomic mass is 15.0. The molecule has 6 nitrogen and oxygen atoms in total. The molecule has 0 bridgehead atoms. The lowest BCUT2D eigenvalue weighted by atomic mass is 10.1. The summed E-state index contributed by atoms with van der Waals surface area (Å²) in [4.78, 5) is 13.3. The van der Waals surface area contributed by atoms with E-state index in [2.05, 4.69) is 48.0 Å². The smallest absolute Gasteiger partial charge is 0.125 e. The van der Waals surface area contributed by atoms with Crippen molar-refractivity contribution in [1.29, 1.82) is 0 Å². The first-order valence-corrected chi connectivity index (χ1v) is 9.40. The van der Waals surface area contributed by atoms with Crippen molar-refractivity contribution in [2.45, 2.75) is 25.7 Å². The van der Waals surface area contributed by atoms with Gasteiger partial charge >= 0.3 is 0 Å². The Kier molecular flexibility index (Phi) is 10.6. The number of nitrogens with zero attached hydrogens (tertiary/aromatic N) is 4. The van der Waals surface area contributed by atoms with Crippen molar-refractivity contribution >= 4 is 11.7 Å². The van der Waals surface area contributed by atoms with Crippen molar-refractivity contribution in [2.75, 3.05) is 54.4 Å². The zero-order chi connectivity index (χ0) is 19.4. The molecule has 0 atom stereocenters. The van der Waals surface area contributed by atoms with Crippen LogP contribution in [0.5, 0.6) is 0 Å². The van der Waals surface area contributed by atoms with Crippen LogP contribution in [0.4, 0.5) is 0 Å². The molecule has 0 unspecified atom stereocenters. The standard InChI is InChI=1S/C20H36N6/c1-25(2)15-7-5-13-23-19(21)17-9-11-18(12-10-17)20(22)24-14-6-8-16-26(3)4/h9-12H,5-8,13-16H2,1-4H3,(H2,21,23)(H2,22,24). The summed E-state index contributed by atoms with van der Waals surface area (Å²) in [5.41, 5.74) is 14.0. The lowest BCUT2D eigenvalue weighted by molar-refractivity contribution is 0.396. The van der Waals surface area contributed by atoms with E-state index in [1.54, 1.807) is 0 Å². The van der Waals surface area contributed by atoms with Crippen molar-refractivity contribution in [3.8, 4) is 0 Å². The predicted molar refractivity (Wildman–Crippen MR) is 113 cm³/mol. The van der Waals surface area contributed by atoms with Gasteiger partial charge in [-0.2, -0.15) is 0 Å². The van der Waals surface area contributed by atoms with Gasteiger partial charge in [-0.15, -0.1) is 0 Å². The Hall–Kier alpha value is -1.92. The molecule has 0 fully saturated rings. The Morgan fingerprint density at radius 1 is 0.692 bits per heavy atom. The molecular formula is C20H36N6. The molecule has 0 radical (unpaired) electrons. The maximum absolute atomic E-state index is 6.08. The van der Waals surface area contributed by atoms with Crippen LogP contribution in [0.3, 0.4) is 0 Å². The van der Waals surface area contributed by atoms with Gasteiger partial charge in [0.25, 0.3) is 0 Å². The van der Waals surface area contributed by atoms with Crippen molar-refractivity contribution < 1.29 is 0 Å². The fraction of sp³-hybridized carbons (Fsp3) is 0.600. The number of rotatable bonds is 12. The van der Waals surface area contributed by atoms with Crippen LogP contribution < -0.4 is 11.5 Å². The van der Waals surface area contributed by atoms with Crippen LogP contribution in [0.15, 0.2) is 34.3 Å². The molecule has 6 heteroatoms. The maximum Gasteiger partial charge on any atom is 0.125 e. The molecule has 0 spiro atoms. The lowest BCUT2D eigenvalue weighted by Gasteiger charge is -2.08. The molecule has 146 valence electrons. The van der Waals surface area contributed by atoms with Gasteiger partial charge in [0.05, 0.1) is 0 Å². The molecule has 0 heterocycles. The molecule has 0 saturated carbocycles. The number of benzene rings is 1. The third kappa shape index (κ3) is 9.53. The quantitative estimate of drug-likeness (QED) is 0.338. The fourth-order valence-corrected chi connectivity index (χ4v) is 2.47. The van der Waals surface area contributed by atoms with Crippen LogP contribution in [0.2, 0.25) is 0 Å². The van der Waals surface area contributed by atoms with Gasteiger partial charge in [0.1, 0.15) is 11.7 Å². The maximum atomic E-state index is 6.08. The molecular weight excluding hydrogens is 324 g/mol. The molecule has 0 amide bonds. The molecule has 0 saturated heterocycles. The predicted octanol–water partition coefficient (Wildman–Crippen LogP) is 1.78. The first kappa shape index (κ1) is 22.1. The van der Waals surface area contributed by atoms with Gasteiger partial charge in [-0.05, 0) is 67.0 Å². The Morgan fingerprint density at radius 3 is 1.35 bits per heavy atom. The van der Waals surface area contributed by atoms with E-state index in [0.717, 1.165) is 63.0 Å². The second-order valence-corrected chi connectivity index (χ2v) is 7.13. The Balaban J connectivity index is 2.45. The molecule has 0 aliphatic carbocycles. The molecule has 0 aromatic heterocycles. The first-order chi connectivity index (χ1) is 12.4. The summed E-state index contributed by atoms with van der Waals surface area (Å²) in [5.74, 6) is 1.17. The van der Waals surface area contributed by atoms with E-state index in [4.69, 9.17) is 11.5 Å². The minimum Gasteiger partial charge on any atom is -0.384 e. The number of hydrogen-bond acceptors (Lipinski definition) is 4. The van der Waals surface area contributed by atoms with Crippen LogP contribution in [0.25, 0.3) is 0 Å². The average molecular weight is 361 g/mol. The summed E-state index contributed by atoms with van der Waals surface area (Å²) in [6, 6.07) is 7.84. The van der Waals surface area contributed by atoms with Crippen LogP contribution in [0, 0.1) is 0 Å². The largest absolute Gasteiger partial charge is 0.384 e. The number of amidine groups is 2. The zero-order valence-electron chi connectivity index (χ0n) is 16.9. The van der Waals surface area contributed by atoms with E-state index in [-0.39, 0.29) is 0 Å². The first-order valence-electron chi connectivity index (χ1n) is 9.40. The van der Waals surface area contributed by atoms with Crippen molar-refractivity contribution in [2.24, 2.45) is 21.5 Å². The number of nitrogens with two attached hydrogens (primary N) is 2. The monoisotopic (exact) mass is 360 g/mol. The molecule has 1 rings (SSSR count). The van der Waals surface area contributed by atoms with E-state index in [0.29, 0.717) is 11.7 Å². The fourth-order valence-electron chi connectivity index (χ4n) is 2.47. The minimum atomic E-state index is 0.584. The number of hydrogen-bond donors (Lipinski definition) is 2. The highest BCUT2D eigenvalue weighted by Gasteiger charge is 2.02. The second kappa shape index (κ2) is 12.4. The van der Waals surface area contributed by atoms with Gasteiger partial charge in [0.2, 0.25) is 0 Å². The SMILES string of the molecule is CN(C)CCCCN=C(N)c1ccc(C(N)=NCCCCN(C)C)cc1. The van der Waals surface area contributed by atoms with E-state index in [1.807, 2.05) is 24.3 Å². The molecule has 1 aromatic rings. The molecule has 0 aliphatic rings. The van der Waals surface area contributed by atoms with Crippen molar-refractivity contribution in [3.05, 3.63) is 35.4 Å². The summed E-state index contributed by atoms with van der Waals surface area (Å²) in [7, 11) is 8.33. The van der Waals surface area contributed by atoms with Crippen LogP contribution in [0.1, 0.15) is 36.8 Å². The molecule has 4 N–H and O–H groups in total. The summed E-state index contributed by atoms with van der Waals surface area (Å²) in [6.45, 7) is 3.69. The van der Waals surface area contributed by atoms with E-state index in [1.165, 1.54) is 0 Å². The topological polar surface area (TPSA) is 83.2 Å². The van der Waals surface area contributed by atoms with Crippen LogP contribution >= 0.6 is 0 Å². The molecule has 26 heavy (non-hydrogen) atoms. The molecule has 0 aliphatic heterocycles. The van der Waals surface area contributed by atoms with Gasteiger partial charge in [-0.1, -0.05) is 24.3 Å². The zero-order valence-corrected chi connectivity index (χ0v) is 16.9. The van der Waals surface area contributed by atoms with Gasteiger partial charge in [0, 0.05) is 24.2 Å².